The van der Waals surface area contributed by atoms with Gasteiger partial charge in [-0.15, -0.1) is 0 Å². The van der Waals surface area contributed by atoms with E-state index in [-0.39, 0.29) is 5.69 Å². The maximum absolute atomic E-state index is 10.8. The molecule has 0 saturated heterocycles. The standard InChI is InChI=1S/C11H15N5O2/c1-2-3-4-13-15-9-10-14-8(11(17)18)7-16(10)6-5-12-9/h5-7,13H,2-4H2,1H3,(H,12,15)(H,17,18). The molecule has 0 fully saturated rings. The molecule has 2 heterocycles. The van der Waals surface area contributed by atoms with Gasteiger partial charge in [0.05, 0.1) is 0 Å². The van der Waals surface area contributed by atoms with Gasteiger partial charge in [0.1, 0.15) is 0 Å². The molecule has 2 rings (SSSR count). The highest BCUT2D eigenvalue weighted by Crippen LogP contribution is 2.12. The van der Waals surface area contributed by atoms with Crippen LogP contribution in [0.1, 0.15) is 30.3 Å². The second kappa shape index (κ2) is 5.46. The molecule has 0 aliphatic carbocycles. The van der Waals surface area contributed by atoms with Crippen LogP contribution in [0.25, 0.3) is 5.65 Å². The Labute approximate surface area is 104 Å². The number of carboxylic acid groups (broad SMARTS) is 1. The Hall–Kier alpha value is -2.15. The van der Waals surface area contributed by atoms with E-state index < -0.39 is 5.97 Å². The molecule has 0 radical (unpaired) electrons. The highest BCUT2D eigenvalue weighted by Gasteiger charge is 2.11. The summed E-state index contributed by atoms with van der Waals surface area (Å²) in [6, 6.07) is 0. The van der Waals surface area contributed by atoms with Crippen molar-refractivity contribution in [3.8, 4) is 0 Å². The normalized spacial score (nSPS) is 10.7. The molecule has 2 aromatic heterocycles. The van der Waals surface area contributed by atoms with E-state index >= 15 is 0 Å². The van der Waals surface area contributed by atoms with Crippen LogP contribution in [-0.2, 0) is 0 Å². The van der Waals surface area contributed by atoms with Crippen LogP contribution in [0.5, 0.6) is 0 Å². The summed E-state index contributed by atoms with van der Waals surface area (Å²) in [5.41, 5.74) is 6.44. The summed E-state index contributed by atoms with van der Waals surface area (Å²) in [7, 11) is 0. The molecule has 7 nitrogen and oxygen atoms in total. The van der Waals surface area contributed by atoms with Crippen LogP contribution in [0.3, 0.4) is 0 Å². The van der Waals surface area contributed by atoms with E-state index in [2.05, 4.69) is 27.7 Å². The monoisotopic (exact) mass is 249 g/mol. The average Bonchev–Trinajstić information content (AvgIpc) is 2.79. The van der Waals surface area contributed by atoms with Crippen molar-refractivity contribution in [1.29, 1.82) is 0 Å². The topological polar surface area (TPSA) is 91.5 Å². The fourth-order valence-electron chi connectivity index (χ4n) is 1.52. The van der Waals surface area contributed by atoms with E-state index in [0.29, 0.717) is 11.5 Å². The van der Waals surface area contributed by atoms with E-state index in [0.717, 1.165) is 19.4 Å². The van der Waals surface area contributed by atoms with Gasteiger partial charge >= 0.3 is 5.97 Å². The first-order valence-electron chi connectivity index (χ1n) is 5.78. The Morgan fingerprint density at radius 3 is 3.11 bits per heavy atom. The molecule has 0 unspecified atom stereocenters. The first kappa shape index (κ1) is 12.3. The van der Waals surface area contributed by atoms with Gasteiger partial charge in [-0.3, -0.25) is 0 Å². The second-order valence-corrected chi connectivity index (χ2v) is 3.84. The van der Waals surface area contributed by atoms with Crippen LogP contribution in [0.2, 0.25) is 0 Å². The molecule has 96 valence electrons. The average molecular weight is 249 g/mol. The molecule has 0 amide bonds. The van der Waals surface area contributed by atoms with Crippen LogP contribution in [-0.4, -0.2) is 32.0 Å². The number of unbranched alkanes of at least 4 members (excludes halogenated alkanes) is 1. The summed E-state index contributed by atoms with van der Waals surface area (Å²) in [4.78, 5) is 19.0. The minimum atomic E-state index is -1.05. The van der Waals surface area contributed by atoms with Crippen molar-refractivity contribution in [2.75, 3.05) is 12.0 Å². The molecule has 0 spiro atoms. The lowest BCUT2D eigenvalue weighted by Crippen LogP contribution is -2.23. The number of hydrogen-bond acceptors (Lipinski definition) is 5. The predicted molar refractivity (Wildman–Crippen MR) is 66.5 cm³/mol. The van der Waals surface area contributed by atoms with Gasteiger partial charge < -0.3 is 14.9 Å². The summed E-state index contributed by atoms with van der Waals surface area (Å²) >= 11 is 0. The Morgan fingerprint density at radius 2 is 2.39 bits per heavy atom. The van der Waals surface area contributed by atoms with Crippen molar-refractivity contribution < 1.29 is 9.90 Å². The van der Waals surface area contributed by atoms with Crippen molar-refractivity contribution in [3.05, 3.63) is 24.3 Å². The van der Waals surface area contributed by atoms with Crippen molar-refractivity contribution in [1.82, 2.24) is 19.8 Å². The fraction of sp³-hybridized carbons (Fsp3) is 0.364. The molecule has 18 heavy (non-hydrogen) atoms. The number of aromatic nitrogens is 3. The summed E-state index contributed by atoms with van der Waals surface area (Å²) in [5.74, 6) is -0.537. The van der Waals surface area contributed by atoms with Gasteiger partial charge in [-0.1, -0.05) is 13.3 Å². The van der Waals surface area contributed by atoms with Crippen LogP contribution in [0.15, 0.2) is 18.6 Å². The van der Waals surface area contributed by atoms with Crippen molar-refractivity contribution in [3.63, 3.8) is 0 Å². The number of anilines is 1. The Balaban J connectivity index is 2.19. The van der Waals surface area contributed by atoms with Crippen molar-refractivity contribution in [2.45, 2.75) is 19.8 Å². The summed E-state index contributed by atoms with van der Waals surface area (Å²) in [6.07, 6.45) is 6.84. The number of rotatable bonds is 6. The molecule has 2 aromatic rings. The lowest BCUT2D eigenvalue weighted by atomic mass is 10.3. The third-order valence-electron chi connectivity index (χ3n) is 2.46. The second-order valence-electron chi connectivity index (χ2n) is 3.84. The first-order valence-corrected chi connectivity index (χ1v) is 5.78. The quantitative estimate of drug-likeness (QED) is 0.525. The molecule has 7 heteroatoms. The number of fused-ring (bicyclic) bond motifs is 1. The zero-order valence-corrected chi connectivity index (χ0v) is 10.1. The third kappa shape index (κ3) is 2.57. The van der Waals surface area contributed by atoms with Gasteiger partial charge in [-0.05, 0) is 6.42 Å². The number of nitrogens with one attached hydrogen (secondary N) is 2. The van der Waals surface area contributed by atoms with Crippen LogP contribution >= 0.6 is 0 Å². The summed E-state index contributed by atoms with van der Waals surface area (Å²) in [5, 5.41) is 8.89. The SMILES string of the molecule is CCCCNNc1nccn2cc(C(=O)O)nc12. The van der Waals surface area contributed by atoms with Crippen LogP contribution in [0, 0.1) is 0 Å². The largest absolute Gasteiger partial charge is 0.476 e. The maximum atomic E-state index is 10.8. The third-order valence-corrected chi connectivity index (χ3v) is 2.46. The number of carbonyl (C=O) groups is 1. The molecule has 0 aliphatic heterocycles. The van der Waals surface area contributed by atoms with Gasteiger partial charge in [0.15, 0.2) is 17.2 Å². The minimum absolute atomic E-state index is 0.000363. The van der Waals surface area contributed by atoms with Gasteiger partial charge in [0, 0.05) is 25.1 Å². The first-order chi connectivity index (χ1) is 8.72. The Morgan fingerprint density at radius 1 is 1.56 bits per heavy atom. The smallest absolute Gasteiger partial charge is 0.356 e. The van der Waals surface area contributed by atoms with Gasteiger partial charge in [-0.25, -0.2) is 20.2 Å². The van der Waals surface area contributed by atoms with Gasteiger partial charge in [0.25, 0.3) is 0 Å². The fourth-order valence-corrected chi connectivity index (χ4v) is 1.52. The minimum Gasteiger partial charge on any atom is -0.476 e. The number of hydrazine groups is 1. The molecule has 0 atom stereocenters. The zero-order valence-electron chi connectivity index (χ0n) is 10.1. The number of imidazole rings is 1. The van der Waals surface area contributed by atoms with Crippen molar-refractivity contribution >= 4 is 17.4 Å². The molecule has 0 aromatic carbocycles. The van der Waals surface area contributed by atoms with E-state index in [1.165, 1.54) is 6.20 Å². The zero-order chi connectivity index (χ0) is 13.0. The van der Waals surface area contributed by atoms with Crippen LogP contribution in [0.4, 0.5) is 5.82 Å². The number of hydrogen-bond donors (Lipinski definition) is 3. The van der Waals surface area contributed by atoms with Gasteiger partial charge in [0.2, 0.25) is 0 Å². The molecular formula is C11H15N5O2. The lowest BCUT2D eigenvalue weighted by molar-refractivity contribution is 0.0691. The van der Waals surface area contributed by atoms with Crippen LogP contribution < -0.4 is 10.9 Å². The maximum Gasteiger partial charge on any atom is 0.356 e. The van der Waals surface area contributed by atoms with E-state index in [1.807, 2.05) is 0 Å². The number of carboxylic acids is 1. The highest BCUT2D eigenvalue weighted by atomic mass is 16.4. The van der Waals surface area contributed by atoms with E-state index in [4.69, 9.17) is 5.11 Å². The lowest BCUT2D eigenvalue weighted by Gasteiger charge is -2.07. The summed E-state index contributed by atoms with van der Waals surface area (Å²) < 4.78 is 1.63. The molecule has 0 bridgehead atoms. The predicted octanol–water partition coefficient (Wildman–Crippen LogP) is 1.14. The highest BCUT2D eigenvalue weighted by molar-refractivity contribution is 5.86. The van der Waals surface area contributed by atoms with Gasteiger partial charge in [-0.2, -0.15) is 0 Å². The molecular weight excluding hydrogens is 234 g/mol. The van der Waals surface area contributed by atoms with E-state index in [1.54, 1.807) is 16.8 Å². The summed E-state index contributed by atoms with van der Waals surface area (Å²) in [6.45, 7) is 2.92. The molecule has 0 saturated carbocycles. The molecule has 0 aliphatic rings. The molecule has 3 N–H and O–H groups in total. The van der Waals surface area contributed by atoms with Crippen molar-refractivity contribution in [2.24, 2.45) is 0 Å². The van der Waals surface area contributed by atoms with E-state index in [9.17, 15) is 4.79 Å². The Kier molecular flexibility index (Phi) is 3.73. The number of nitrogens with zero attached hydrogens (tertiary/aromatic N) is 3. The Bertz CT molecular complexity index is 551. The number of aromatic carboxylic acids is 1.